The average Bonchev–Trinajstić information content (AvgIpc) is 2.48. The summed E-state index contributed by atoms with van der Waals surface area (Å²) in [6.45, 7) is 6.34. The number of nitrogens with one attached hydrogen (secondary N) is 2. The molecule has 0 aromatic carbocycles. The van der Waals surface area contributed by atoms with Gasteiger partial charge in [-0.25, -0.2) is 0 Å². The van der Waals surface area contributed by atoms with Gasteiger partial charge in [0.05, 0.1) is 0 Å². The van der Waals surface area contributed by atoms with Crippen LogP contribution in [0.25, 0.3) is 0 Å². The van der Waals surface area contributed by atoms with E-state index in [2.05, 4.69) is 30.7 Å². The van der Waals surface area contributed by atoms with Gasteiger partial charge in [0.25, 0.3) is 0 Å². The molecule has 0 radical (unpaired) electrons. The maximum Gasteiger partial charge on any atom is 0.220 e. The molecule has 1 rings (SSSR count). The van der Waals surface area contributed by atoms with E-state index in [1.807, 2.05) is 11.8 Å². The number of piperidine rings is 1. The van der Waals surface area contributed by atoms with Gasteiger partial charge in [0.15, 0.2) is 0 Å². The van der Waals surface area contributed by atoms with Crippen LogP contribution in [0.2, 0.25) is 0 Å². The molecule has 1 aliphatic heterocycles. The van der Waals surface area contributed by atoms with Crippen LogP contribution in [0.15, 0.2) is 0 Å². The molecular formula is C15H30N2OS. The van der Waals surface area contributed by atoms with Gasteiger partial charge in [-0.05, 0) is 44.9 Å². The maximum atomic E-state index is 11.9. The molecule has 1 unspecified atom stereocenters. The summed E-state index contributed by atoms with van der Waals surface area (Å²) in [6, 6.07) is 0.558. The van der Waals surface area contributed by atoms with E-state index >= 15 is 0 Å². The summed E-state index contributed by atoms with van der Waals surface area (Å²) >= 11 is 1.88. The van der Waals surface area contributed by atoms with E-state index in [0.29, 0.717) is 12.5 Å². The SMILES string of the molecule is CCC(CC)(CNC(=O)CCC1CCCCN1)SC. The number of thioether (sulfide) groups is 1. The van der Waals surface area contributed by atoms with E-state index in [1.165, 1.54) is 19.3 Å². The highest BCUT2D eigenvalue weighted by Gasteiger charge is 2.25. The second kappa shape index (κ2) is 8.85. The molecule has 1 heterocycles. The molecule has 1 aliphatic rings. The molecule has 3 nitrogen and oxygen atoms in total. The van der Waals surface area contributed by atoms with Gasteiger partial charge in [0.1, 0.15) is 0 Å². The van der Waals surface area contributed by atoms with Crippen molar-refractivity contribution in [2.75, 3.05) is 19.3 Å². The van der Waals surface area contributed by atoms with E-state index in [9.17, 15) is 4.79 Å². The average molecular weight is 286 g/mol. The van der Waals surface area contributed by atoms with Crippen molar-refractivity contribution in [1.82, 2.24) is 10.6 Å². The highest BCUT2D eigenvalue weighted by Crippen LogP contribution is 2.29. The zero-order valence-electron chi connectivity index (χ0n) is 12.8. The fourth-order valence-electron chi connectivity index (χ4n) is 2.68. The van der Waals surface area contributed by atoms with Gasteiger partial charge in [-0.15, -0.1) is 0 Å². The lowest BCUT2D eigenvalue weighted by Gasteiger charge is -2.30. The predicted molar refractivity (Wildman–Crippen MR) is 84.7 cm³/mol. The summed E-state index contributed by atoms with van der Waals surface area (Å²) in [6.07, 6.45) is 9.82. The van der Waals surface area contributed by atoms with Crippen LogP contribution < -0.4 is 10.6 Å². The zero-order chi connectivity index (χ0) is 14.1. The van der Waals surface area contributed by atoms with Crippen LogP contribution >= 0.6 is 11.8 Å². The molecule has 19 heavy (non-hydrogen) atoms. The van der Waals surface area contributed by atoms with Gasteiger partial charge in [0, 0.05) is 23.8 Å². The van der Waals surface area contributed by atoms with Crippen molar-refractivity contribution in [3.8, 4) is 0 Å². The van der Waals surface area contributed by atoms with Gasteiger partial charge >= 0.3 is 0 Å². The minimum absolute atomic E-state index is 0.215. The highest BCUT2D eigenvalue weighted by molar-refractivity contribution is 8.00. The first kappa shape index (κ1) is 16.8. The third-order valence-electron chi connectivity index (χ3n) is 4.46. The molecule has 0 saturated carbocycles. The fraction of sp³-hybridized carbons (Fsp3) is 0.933. The van der Waals surface area contributed by atoms with Crippen molar-refractivity contribution in [1.29, 1.82) is 0 Å². The van der Waals surface area contributed by atoms with Crippen molar-refractivity contribution in [3.63, 3.8) is 0 Å². The Kier molecular flexibility index (Phi) is 7.84. The zero-order valence-corrected chi connectivity index (χ0v) is 13.6. The van der Waals surface area contributed by atoms with E-state index in [4.69, 9.17) is 0 Å². The van der Waals surface area contributed by atoms with Gasteiger partial charge < -0.3 is 10.6 Å². The third kappa shape index (κ3) is 5.74. The molecule has 0 spiro atoms. The number of hydrogen-bond acceptors (Lipinski definition) is 3. The van der Waals surface area contributed by atoms with Gasteiger partial charge in [0.2, 0.25) is 5.91 Å². The van der Waals surface area contributed by atoms with Crippen molar-refractivity contribution in [3.05, 3.63) is 0 Å². The fourth-order valence-corrected chi connectivity index (χ4v) is 3.48. The predicted octanol–water partition coefficient (Wildman–Crippen LogP) is 2.95. The maximum absolute atomic E-state index is 11.9. The van der Waals surface area contributed by atoms with Crippen LogP contribution in [0.5, 0.6) is 0 Å². The molecule has 1 amide bonds. The van der Waals surface area contributed by atoms with Gasteiger partial charge in [-0.1, -0.05) is 20.3 Å². The summed E-state index contributed by atoms with van der Waals surface area (Å²) in [5.74, 6) is 0.215. The normalized spacial score (nSPS) is 20.3. The summed E-state index contributed by atoms with van der Waals surface area (Å²) in [5, 5.41) is 6.62. The minimum Gasteiger partial charge on any atom is -0.355 e. The van der Waals surface area contributed by atoms with Crippen LogP contribution in [0.1, 0.15) is 58.8 Å². The number of hydrogen-bond donors (Lipinski definition) is 2. The Morgan fingerprint density at radius 1 is 1.37 bits per heavy atom. The van der Waals surface area contributed by atoms with Crippen LogP contribution in [0, 0.1) is 0 Å². The van der Waals surface area contributed by atoms with Crippen molar-refractivity contribution < 1.29 is 4.79 Å². The molecule has 0 aliphatic carbocycles. The van der Waals surface area contributed by atoms with E-state index in [0.717, 1.165) is 32.4 Å². The molecule has 0 bridgehead atoms. The Morgan fingerprint density at radius 2 is 2.11 bits per heavy atom. The van der Waals surface area contributed by atoms with Crippen LogP contribution in [-0.4, -0.2) is 36.0 Å². The Balaban J connectivity index is 2.23. The molecule has 0 aromatic heterocycles. The molecule has 2 N–H and O–H groups in total. The van der Waals surface area contributed by atoms with E-state index < -0.39 is 0 Å². The molecule has 0 aromatic rings. The molecule has 112 valence electrons. The topological polar surface area (TPSA) is 41.1 Å². The minimum atomic E-state index is 0.215. The van der Waals surface area contributed by atoms with E-state index in [-0.39, 0.29) is 10.7 Å². The van der Waals surface area contributed by atoms with Crippen molar-refractivity contribution >= 4 is 17.7 Å². The smallest absolute Gasteiger partial charge is 0.220 e. The molecular weight excluding hydrogens is 256 g/mol. The second-order valence-corrected chi connectivity index (χ2v) is 6.83. The quantitative estimate of drug-likeness (QED) is 0.721. The molecule has 1 fully saturated rings. The first-order chi connectivity index (χ1) is 9.15. The Bertz CT molecular complexity index is 253. The number of rotatable bonds is 8. The van der Waals surface area contributed by atoms with Crippen LogP contribution in [-0.2, 0) is 4.79 Å². The Labute approximate surface area is 122 Å². The lowest BCUT2D eigenvalue weighted by atomic mass is 10.00. The molecule has 1 saturated heterocycles. The second-order valence-electron chi connectivity index (χ2n) is 5.56. The van der Waals surface area contributed by atoms with Crippen molar-refractivity contribution in [2.24, 2.45) is 0 Å². The number of carbonyl (C=O) groups excluding carboxylic acids is 1. The third-order valence-corrected chi connectivity index (χ3v) is 6.05. The Hall–Kier alpha value is -0.220. The Morgan fingerprint density at radius 3 is 2.63 bits per heavy atom. The van der Waals surface area contributed by atoms with Crippen LogP contribution in [0.3, 0.4) is 0 Å². The van der Waals surface area contributed by atoms with Gasteiger partial charge in [-0.2, -0.15) is 11.8 Å². The molecule has 4 heteroatoms. The summed E-state index contributed by atoms with van der Waals surface area (Å²) in [5.41, 5.74) is 0. The number of amides is 1. The first-order valence-electron chi connectivity index (χ1n) is 7.71. The molecule has 1 atom stereocenters. The largest absolute Gasteiger partial charge is 0.355 e. The van der Waals surface area contributed by atoms with Crippen LogP contribution in [0.4, 0.5) is 0 Å². The summed E-state index contributed by atoms with van der Waals surface area (Å²) in [7, 11) is 0. The lowest BCUT2D eigenvalue weighted by molar-refractivity contribution is -0.121. The lowest BCUT2D eigenvalue weighted by Crippen LogP contribution is -2.40. The van der Waals surface area contributed by atoms with Gasteiger partial charge in [-0.3, -0.25) is 4.79 Å². The number of carbonyl (C=O) groups is 1. The summed E-state index contributed by atoms with van der Waals surface area (Å²) < 4.78 is 0.221. The first-order valence-corrected chi connectivity index (χ1v) is 8.93. The van der Waals surface area contributed by atoms with Crippen molar-refractivity contribution in [2.45, 2.75) is 69.6 Å². The standard InChI is InChI=1S/C15H30N2OS/c1-4-15(5-2,19-3)12-17-14(18)10-9-13-8-6-7-11-16-13/h13,16H,4-12H2,1-3H3,(H,17,18). The highest BCUT2D eigenvalue weighted by atomic mass is 32.2. The monoisotopic (exact) mass is 286 g/mol. The summed E-state index contributed by atoms with van der Waals surface area (Å²) in [4.78, 5) is 11.9. The van der Waals surface area contributed by atoms with E-state index in [1.54, 1.807) is 0 Å².